The normalized spacial score (nSPS) is 10.9. The maximum Gasteiger partial charge on any atom is 0.254 e. The number of amides is 2. The van der Waals surface area contributed by atoms with Gasteiger partial charge < -0.3 is 10.2 Å². The van der Waals surface area contributed by atoms with Crippen LogP contribution in [0.15, 0.2) is 78.9 Å². The molecule has 0 aliphatic carbocycles. The maximum atomic E-state index is 13.4. The van der Waals surface area contributed by atoms with E-state index in [-0.39, 0.29) is 24.4 Å². The Morgan fingerprint density at radius 1 is 0.944 bits per heavy atom. The molecule has 2 amide bonds. The van der Waals surface area contributed by atoms with Gasteiger partial charge in [-0.3, -0.25) is 9.59 Å². The zero-order valence-corrected chi connectivity index (χ0v) is 21.6. The molecule has 4 aromatic rings. The molecule has 0 saturated heterocycles. The second-order valence-electron chi connectivity index (χ2n) is 9.00. The Bertz CT molecular complexity index is 1360. The van der Waals surface area contributed by atoms with Crippen LogP contribution in [0, 0.1) is 13.8 Å². The molecule has 0 saturated carbocycles. The largest absolute Gasteiger partial charge is 0.327 e. The quantitative estimate of drug-likeness (QED) is 0.324. The Labute approximate surface area is 216 Å². The van der Waals surface area contributed by atoms with E-state index in [4.69, 9.17) is 16.7 Å². The zero-order chi connectivity index (χ0) is 25.8. The van der Waals surface area contributed by atoms with Crippen molar-refractivity contribution in [3.05, 3.63) is 101 Å². The van der Waals surface area contributed by atoms with Crippen molar-refractivity contribution in [3.8, 4) is 16.8 Å². The highest BCUT2D eigenvalue weighted by atomic mass is 35.5. The van der Waals surface area contributed by atoms with Crippen LogP contribution in [0.25, 0.3) is 16.8 Å². The number of aryl methyl sites for hydroxylation is 2. The van der Waals surface area contributed by atoms with Crippen molar-refractivity contribution in [1.82, 2.24) is 14.7 Å². The second-order valence-corrected chi connectivity index (χ2v) is 9.44. The number of aromatic nitrogens is 2. The molecule has 0 aliphatic rings. The van der Waals surface area contributed by atoms with E-state index in [2.05, 4.69) is 5.32 Å². The Balaban J connectivity index is 1.68. The average molecular weight is 501 g/mol. The molecule has 36 heavy (non-hydrogen) atoms. The fourth-order valence-electron chi connectivity index (χ4n) is 4.04. The predicted molar refractivity (Wildman–Crippen MR) is 145 cm³/mol. The first kappa shape index (κ1) is 25.2. The Morgan fingerprint density at radius 2 is 1.58 bits per heavy atom. The van der Waals surface area contributed by atoms with Gasteiger partial charge in [-0.1, -0.05) is 59.6 Å². The molecule has 0 aliphatic heterocycles. The zero-order valence-electron chi connectivity index (χ0n) is 20.8. The third-order valence-corrected chi connectivity index (χ3v) is 6.20. The minimum Gasteiger partial charge on any atom is -0.327 e. The fourth-order valence-corrected chi connectivity index (χ4v) is 4.17. The molecule has 0 radical (unpaired) electrons. The topological polar surface area (TPSA) is 67.2 Å². The summed E-state index contributed by atoms with van der Waals surface area (Å²) in [7, 11) is 0. The number of nitrogens with one attached hydrogen (secondary N) is 1. The molecular formula is C29H29ClN4O2. The van der Waals surface area contributed by atoms with Gasteiger partial charge in [0.05, 0.1) is 11.4 Å². The Kier molecular flexibility index (Phi) is 7.55. The summed E-state index contributed by atoms with van der Waals surface area (Å²) < 4.78 is 1.75. The van der Waals surface area contributed by atoms with E-state index in [0.717, 1.165) is 28.1 Å². The number of anilines is 1. The van der Waals surface area contributed by atoms with E-state index < -0.39 is 0 Å². The van der Waals surface area contributed by atoms with Gasteiger partial charge in [0.1, 0.15) is 12.4 Å². The van der Waals surface area contributed by atoms with Crippen molar-refractivity contribution < 1.29 is 9.59 Å². The van der Waals surface area contributed by atoms with Crippen LogP contribution in [-0.4, -0.2) is 39.1 Å². The van der Waals surface area contributed by atoms with Gasteiger partial charge in [-0.15, -0.1) is 0 Å². The van der Waals surface area contributed by atoms with Gasteiger partial charge in [0, 0.05) is 22.2 Å². The predicted octanol–water partition coefficient (Wildman–Crippen LogP) is 6.30. The van der Waals surface area contributed by atoms with E-state index in [1.807, 2.05) is 82.3 Å². The first-order chi connectivity index (χ1) is 17.2. The minimum absolute atomic E-state index is 0.106. The van der Waals surface area contributed by atoms with E-state index in [1.54, 1.807) is 33.8 Å². The van der Waals surface area contributed by atoms with Crippen molar-refractivity contribution in [1.29, 1.82) is 0 Å². The SMILES string of the molecule is Cc1ccc(-n2nc(C)c(-c3ccccc3)c2NC(=O)CN(C(=O)c2ccc(Cl)cc2)C(C)C)cc1. The van der Waals surface area contributed by atoms with E-state index in [1.165, 1.54) is 0 Å². The fraction of sp³-hybridized carbons (Fsp3) is 0.207. The number of rotatable bonds is 7. The number of carbonyl (C=O) groups excluding carboxylic acids is 2. The highest BCUT2D eigenvalue weighted by molar-refractivity contribution is 6.30. The van der Waals surface area contributed by atoms with Gasteiger partial charge in [0.25, 0.3) is 5.91 Å². The molecule has 7 heteroatoms. The molecule has 0 bridgehead atoms. The van der Waals surface area contributed by atoms with E-state index >= 15 is 0 Å². The summed E-state index contributed by atoms with van der Waals surface area (Å²) in [5.74, 6) is 0.0231. The van der Waals surface area contributed by atoms with Crippen LogP contribution in [0.1, 0.15) is 35.5 Å². The molecule has 184 valence electrons. The van der Waals surface area contributed by atoms with Crippen LogP contribution in [0.5, 0.6) is 0 Å². The summed E-state index contributed by atoms with van der Waals surface area (Å²) in [6.07, 6.45) is 0. The molecule has 0 spiro atoms. The number of hydrogen-bond acceptors (Lipinski definition) is 3. The number of halogens is 1. The summed E-state index contributed by atoms with van der Waals surface area (Å²) in [6, 6.07) is 24.3. The van der Waals surface area contributed by atoms with Crippen LogP contribution in [-0.2, 0) is 4.79 Å². The van der Waals surface area contributed by atoms with Gasteiger partial charge in [-0.05, 0) is 69.7 Å². The number of hydrogen-bond donors (Lipinski definition) is 1. The minimum atomic E-state index is -0.309. The molecule has 0 unspecified atom stereocenters. The van der Waals surface area contributed by atoms with Gasteiger partial charge in [0.2, 0.25) is 5.91 Å². The van der Waals surface area contributed by atoms with Gasteiger partial charge >= 0.3 is 0 Å². The first-order valence-corrected chi connectivity index (χ1v) is 12.2. The summed E-state index contributed by atoms with van der Waals surface area (Å²) in [5.41, 5.74) is 5.01. The number of nitrogens with zero attached hydrogens (tertiary/aromatic N) is 3. The Morgan fingerprint density at radius 3 is 2.19 bits per heavy atom. The maximum absolute atomic E-state index is 13.4. The summed E-state index contributed by atoms with van der Waals surface area (Å²) in [5, 5.41) is 8.36. The highest BCUT2D eigenvalue weighted by Gasteiger charge is 2.25. The average Bonchev–Trinajstić information content (AvgIpc) is 3.18. The summed E-state index contributed by atoms with van der Waals surface area (Å²) in [6.45, 7) is 7.61. The van der Waals surface area contributed by atoms with Gasteiger partial charge in [-0.25, -0.2) is 4.68 Å². The molecular weight excluding hydrogens is 472 g/mol. The van der Waals surface area contributed by atoms with Crippen molar-refractivity contribution in [2.45, 2.75) is 33.7 Å². The van der Waals surface area contributed by atoms with Crippen LogP contribution < -0.4 is 5.32 Å². The van der Waals surface area contributed by atoms with Crippen LogP contribution in [0.2, 0.25) is 5.02 Å². The third-order valence-electron chi connectivity index (χ3n) is 5.95. The first-order valence-electron chi connectivity index (χ1n) is 11.8. The lowest BCUT2D eigenvalue weighted by Crippen LogP contribution is -2.42. The van der Waals surface area contributed by atoms with Crippen molar-refractivity contribution >= 4 is 29.2 Å². The van der Waals surface area contributed by atoms with Crippen molar-refractivity contribution in [3.63, 3.8) is 0 Å². The molecule has 1 aromatic heterocycles. The van der Waals surface area contributed by atoms with Crippen LogP contribution in [0.3, 0.4) is 0 Å². The monoisotopic (exact) mass is 500 g/mol. The van der Waals surface area contributed by atoms with Gasteiger partial charge in [-0.2, -0.15) is 5.10 Å². The molecule has 3 aromatic carbocycles. The van der Waals surface area contributed by atoms with E-state index in [0.29, 0.717) is 16.4 Å². The molecule has 4 rings (SSSR count). The van der Waals surface area contributed by atoms with E-state index in [9.17, 15) is 9.59 Å². The highest BCUT2D eigenvalue weighted by Crippen LogP contribution is 2.33. The molecule has 1 heterocycles. The van der Waals surface area contributed by atoms with Crippen molar-refractivity contribution in [2.75, 3.05) is 11.9 Å². The number of carbonyl (C=O) groups is 2. The molecule has 6 nitrogen and oxygen atoms in total. The lowest BCUT2D eigenvalue weighted by molar-refractivity contribution is -0.117. The standard InChI is InChI=1S/C29H29ClN4O2/c1-19(2)33(29(36)23-12-14-24(30)15-13-23)18-26(35)31-28-27(22-8-6-5-7-9-22)21(4)32-34(28)25-16-10-20(3)11-17-25/h5-17,19H,18H2,1-4H3,(H,31,35). The second kappa shape index (κ2) is 10.8. The van der Waals surface area contributed by atoms with Crippen LogP contribution >= 0.6 is 11.6 Å². The smallest absolute Gasteiger partial charge is 0.254 e. The molecule has 0 fully saturated rings. The lowest BCUT2D eigenvalue weighted by Gasteiger charge is -2.26. The Hall–Kier alpha value is -3.90. The lowest BCUT2D eigenvalue weighted by atomic mass is 10.1. The van der Waals surface area contributed by atoms with Crippen molar-refractivity contribution in [2.24, 2.45) is 0 Å². The summed E-state index contributed by atoms with van der Waals surface area (Å²) in [4.78, 5) is 28.1. The summed E-state index contributed by atoms with van der Waals surface area (Å²) >= 11 is 5.98. The van der Waals surface area contributed by atoms with Crippen LogP contribution in [0.4, 0.5) is 5.82 Å². The molecule has 0 atom stereocenters. The van der Waals surface area contributed by atoms with Gasteiger partial charge in [0.15, 0.2) is 0 Å². The molecule has 1 N–H and O–H groups in total. The number of benzene rings is 3. The third kappa shape index (κ3) is 5.50.